The SMILES string of the molecule is Cc1cccnc1N(CCO)CC1CCCN1. The standard InChI is InChI=1S/C13H21N3O/c1-11-4-2-7-15-13(11)16(8-9-17)10-12-5-3-6-14-12/h2,4,7,12,14,17H,3,5-6,8-10H2,1H3. The minimum Gasteiger partial charge on any atom is -0.395 e. The lowest BCUT2D eigenvalue weighted by atomic mass is 10.2. The van der Waals surface area contributed by atoms with Crippen molar-refractivity contribution >= 4 is 5.82 Å². The van der Waals surface area contributed by atoms with Crippen LogP contribution in [0.2, 0.25) is 0 Å². The molecule has 1 aliphatic rings. The first kappa shape index (κ1) is 12.3. The maximum atomic E-state index is 9.17. The summed E-state index contributed by atoms with van der Waals surface area (Å²) in [5.74, 6) is 0.996. The van der Waals surface area contributed by atoms with Gasteiger partial charge in [0, 0.05) is 25.3 Å². The molecule has 94 valence electrons. The van der Waals surface area contributed by atoms with Gasteiger partial charge in [-0.3, -0.25) is 0 Å². The van der Waals surface area contributed by atoms with Gasteiger partial charge < -0.3 is 15.3 Å². The average molecular weight is 235 g/mol. The summed E-state index contributed by atoms with van der Waals surface area (Å²) in [4.78, 5) is 6.61. The Kier molecular flexibility index (Phi) is 4.34. The molecule has 2 rings (SSSR count). The van der Waals surface area contributed by atoms with Crippen LogP contribution in [0.5, 0.6) is 0 Å². The van der Waals surface area contributed by atoms with Gasteiger partial charge in [-0.1, -0.05) is 6.07 Å². The molecule has 0 bridgehead atoms. The maximum Gasteiger partial charge on any atom is 0.131 e. The minimum atomic E-state index is 0.169. The Morgan fingerprint density at radius 2 is 2.47 bits per heavy atom. The highest BCUT2D eigenvalue weighted by Gasteiger charge is 2.19. The number of hydrogen-bond donors (Lipinski definition) is 2. The first-order valence-corrected chi connectivity index (χ1v) is 6.32. The van der Waals surface area contributed by atoms with E-state index >= 15 is 0 Å². The molecular weight excluding hydrogens is 214 g/mol. The molecule has 0 amide bonds. The molecule has 0 spiro atoms. The summed E-state index contributed by atoms with van der Waals surface area (Å²) >= 11 is 0. The number of anilines is 1. The lowest BCUT2D eigenvalue weighted by Crippen LogP contribution is -2.39. The van der Waals surface area contributed by atoms with Gasteiger partial charge in [0.2, 0.25) is 0 Å². The highest BCUT2D eigenvalue weighted by molar-refractivity contribution is 5.46. The van der Waals surface area contributed by atoms with Crippen LogP contribution in [0, 0.1) is 6.92 Å². The van der Waals surface area contributed by atoms with Crippen LogP contribution in [0.1, 0.15) is 18.4 Å². The fourth-order valence-electron chi connectivity index (χ4n) is 2.39. The summed E-state index contributed by atoms with van der Waals surface area (Å²) in [7, 11) is 0. The normalized spacial score (nSPS) is 19.5. The van der Waals surface area contributed by atoms with E-state index < -0.39 is 0 Å². The molecule has 0 saturated carbocycles. The fraction of sp³-hybridized carbons (Fsp3) is 0.615. The third-order valence-corrected chi connectivity index (χ3v) is 3.25. The van der Waals surface area contributed by atoms with Crippen molar-refractivity contribution in [2.24, 2.45) is 0 Å². The molecule has 1 aromatic heterocycles. The number of nitrogens with zero attached hydrogens (tertiary/aromatic N) is 2. The summed E-state index contributed by atoms with van der Waals surface area (Å²) in [5.41, 5.74) is 1.17. The minimum absolute atomic E-state index is 0.169. The third-order valence-electron chi connectivity index (χ3n) is 3.25. The number of pyridine rings is 1. The summed E-state index contributed by atoms with van der Waals surface area (Å²) in [6.45, 7) is 4.92. The molecule has 17 heavy (non-hydrogen) atoms. The Morgan fingerprint density at radius 3 is 3.12 bits per heavy atom. The van der Waals surface area contributed by atoms with E-state index in [1.807, 2.05) is 12.3 Å². The molecule has 0 aromatic carbocycles. The molecule has 1 fully saturated rings. The number of hydrogen-bond acceptors (Lipinski definition) is 4. The van der Waals surface area contributed by atoms with E-state index in [4.69, 9.17) is 0 Å². The van der Waals surface area contributed by atoms with Crippen LogP contribution in [-0.2, 0) is 0 Å². The summed E-state index contributed by atoms with van der Waals surface area (Å²) < 4.78 is 0. The quantitative estimate of drug-likeness (QED) is 0.797. The Bertz CT molecular complexity index is 350. The van der Waals surface area contributed by atoms with Crippen LogP contribution >= 0.6 is 0 Å². The van der Waals surface area contributed by atoms with Crippen molar-refractivity contribution in [1.29, 1.82) is 0 Å². The van der Waals surface area contributed by atoms with E-state index in [2.05, 4.69) is 28.2 Å². The lowest BCUT2D eigenvalue weighted by Gasteiger charge is -2.27. The molecule has 4 heteroatoms. The first-order chi connectivity index (χ1) is 8.31. The molecule has 1 aromatic rings. The van der Waals surface area contributed by atoms with E-state index in [1.165, 1.54) is 18.4 Å². The largest absolute Gasteiger partial charge is 0.395 e. The summed E-state index contributed by atoms with van der Waals surface area (Å²) in [6, 6.07) is 4.54. The van der Waals surface area contributed by atoms with Crippen molar-refractivity contribution in [3.8, 4) is 0 Å². The monoisotopic (exact) mass is 235 g/mol. The van der Waals surface area contributed by atoms with Crippen molar-refractivity contribution in [1.82, 2.24) is 10.3 Å². The molecule has 0 radical (unpaired) electrons. The molecule has 2 heterocycles. The predicted molar refractivity (Wildman–Crippen MR) is 69.3 cm³/mol. The van der Waals surface area contributed by atoms with Crippen LogP contribution in [0.15, 0.2) is 18.3 Å². The third kappa shape index (κ3) is 3.17. The fourth-order valence-corrected chi connectivity index (χ4v) is 2.39. The van der Waals surface area contributed by atoms with E-state index in [0.717, 1.165) is 18.9 Å². The second-order valence-corrected chi connectivity index (χ2v) is 4.61. The van der Waals surface area contributed by atoms with Crippen LogP contribution in [-0.4, -0.2) is 42.4 Å². The second kappa shape index (κ2) is 5.98. The van der Waals surface area contributed by atoms with Crippen molar-refractivity contribution in [3.05, 3.63) is 23.9 Å². The van der Waals surface area contributed by atoms with Crippen molar-refractivity contribution in [3.63, 3.8) is 0 Å². The van der Waals surface area contributed by atoms with E-state index in [-0.39, 0.29) is 6.61 Å². The van der Waals surface area contributed by atoms with Gasteiger partial charge in [0.1, 0.15) is 5.82 Å². The Hall–Kier alpha value is -1.13. The Balaban J connectivity index is 2.08. The van der Waals surface area contributed by atoms with Crippen molar-refractivity contribution < 1.29 is 5.11 Å². The number of aromatic nitrogens is 1. The molecule has 1 saturated heterocycles. The predicted octanol–water partition coefficient (Wildman–Crippen LogP) is 0.941. The smallest absolute Gasteiger partial charge is 0.131 e. The Labute approximate surface area is 103 Å². The second-order valence-electron chi connectivity index (χ2n) is 4.61. The van der Waals surface area contributed by atoms with Crippen molar-refractivity contribution in [2.75, 3.05) is 31.1 Å². The summed E-state index contributed by atoms with van der Waals surface area (Å²) in [5, 5.41) is 12.7. The van der Waals surface area contributed by atoms with Gasteiger partial charge in [0.05, 0.1) is 6.61 Å². The highest BCUT2D eigenvalue weighted by atomic mass is 16.3. The van der Waals surface area contributed by atoms with Gasteiger partial charge in [-0.05, 0) is 37.9 Å². The van der Waals surface area contributed by atoms with Gasteiger partial charge in [0.25, 0.3) is 0 Å². The number of aryl methyl sites for hydroxylation is 1. The van der Waals surface area contributed by atoms with E-state index in [9.17, 15) is 5.11 Å². The number of aliphatic hydroxyl groups is 1. The number of nitrogens with one attached hydrogen (secondary N) is 1. The van der Waals surface area contributed by atoms with Crippen LogP contribution < -0.4 is 10.2 Å². The van der Waals surface area contributed by atoms with Gasteiger partial charge >= 0.3 is 0 Å². The van der Waals surface area contributed by atoms with Crippen LogP contribution in [0.25, 0.3) is 0 Å². The van der Waals surface area contributed by atoms with Gasteiger partial charge in [-0.2, -0.15) is 0 Å². The number of aliphatic hydroxyl groups excluding tert-OH is 1. The highest BCUT2D eigenvalue weighted by Crippen LogP contribution is 2.17. The van der Waals surface area contributed by atoms with Crippen LogP contribution in [0.3, 0.4) is 0 Å². The molecule has 1 unspecified atom stereocenters. The first-order valence-electron chi connectivity index (χ1n) is 6.32. The zero-order chi connectivity index (χ0) is 12.1. The van der Waals surface area contributed by atoms with Crippen molar-refractivity contribution in [2.45, 2.75) is 25.8 Å². The van der Waals surface area contributed by atoms with E-state index in [1.54, 1.807) is 0 Å². The molecule has 1 aliphatic heterocycles. The lowest BCUT2D eigenvalue weighted by molar-refractivity contribution is 0.300. The molecule has 1 atom stereocenters. The van der Waals surface area contributed by atoms with Gasteiger partial charge in [-0.25, -0.2) is 4.98 Å². The zero-order valence-corrected chi connectivity index (χ0v) is 10.4. The van der Waals surface area contributed by atoms with Gasteiger partial charge in [-0.15, -0.1) is 0 Å². The topological polar surface area (TPSA) is 48.4 Å². The van der Waals surface area contributed by atoms with E-state index in [0.29, 0.717) is 12.6 Å². The molecule has 0 aliphatic carbocycles. The number of rotatable bonds is 5. The molecule has 2 N–H and O–H groups in total. The molecular formula is C13H21N3O. The average Bonchev–Trinajstić information content (AvgIpc) is 2.82. The van der Waals surface area contributed by atoms with Gasteiger partial charge in [0.15, 0.2) is 0 Å². The molecule has 4 nitrogen and oxygen atoms in total. The van der Waals surface area contributed by atoms with Crippen LogP contribution in [0.4, 0.5) is 5.82 Å². The zero-order valence-electron chi connectivity index (χ0n) is 10.4. The maximum absolute atomic E-state index is 9.17. The summed E-state index contributed by atoms with van der Waals surface area (Å²) in [6.07, 6.45) is 4.28. The Morgan fingerprint density at radius 1 is 1.59 bits per heavy atom.